The third kappa shape index (κ3) is 8.87. The normalized spacial score (nSPS) is 18.8. The number of likely N-dealkylation sites (N-methyl/N-ethyl adjacent to an activating group) is 1. The molecule has 6 nitrogen and oxygen atoms in total. The minimum absolute atomic E-state index is 0. The van der Waals surface area contributed by atoms with Crippen molar-refractivity contribution in [3.8, 4) is 0 Å². The first-order chi connectivity index (χ1) is 15.6. The highest BCUT2D eigenvalue weighted by Crippen LogP contribution is 2.22. The molecule has 2 fully saturated rings. The van der Waals surface area contributed by atoms with E-state index in [2.05, 4.69) is 46.1 Å². The second-order valence-electron chi connectivity index (χ2n) is 9.02. The summed E-state index contributed by atoms with van der Waals surface area (Å²) in [6.07, 6.45) is 4.82. The maximum Gasteiger partial charge on any atom is 0.191 e. The molecule has 8 heteroatoms. The van der Waals surface area contributed by atoms with Crippen molar-refractivity contribution in [2.75, 3.05) is 63.8 Å². The summed E-state index contributed by atoms with van der Waals surface area (Å²) in [5.74, 6) is 0.694. The first-order valence-corrected chi connectivity index (χ1v) is 12.7. The molecular formula is C25H44FIN6. The number of likely N-dealkylation sites (tertiary alicyclic amines) is 1. The number of rotatable bonds is 9. The van der Waals surface area contributed by atoms with E-state index in [1.54, 1.807) is 6.07 Å². The van der Waals surface area contributed by atoms with E-state index in [0.29, 0.717) is 18.3 Å². The van der Waals surface area contributed by atoms with Crippen LogP contribution < -0.4 is 15.5 Å². The second-order valence-corrected chi connectivity index (χ2v) is 9.02. The van der Waals surface area contributed by atoms with Crippen molar-refractivity contribution in [2.24, 2.45) is 4.99 Å². The molecule has 1 aromatic rings. The second kappa shape index (κ2) is 15.0. The average molecular weight is 575 g/mol. The Hall–Kier alpha value is -1.13. The predicted octanol–water partition coefficient (Wildman–Crippen LogP) is 3.91. The molecule has 3 rings (SSSR count). The van der Waals surface area contributed by atoms with E-state index in [4.69, 9.17) is 4.99 Å². The first-order valence-electron chi connectivity index (χ1n) is 12.7. The van der Waals surface area contributed by atoms with Crippen molar-refractivity contribution in [3.63, 3.8) is 0 Å². The lowest BCUT2D eigenvalue weighted by atomic mass is 10.0. The van der Waals surface area contributed by atoms with Crippen molar-refractivity contribution in [1.29, 1.82) is 0 Å². The van der Waals surface area contributed by atoms with Crippen LogP contribution in [0, 0.1) is 5.82 Å². The van der Waals surface area contributed by atoms with Crippen LogP contribution >= 0.6 is 24.0 Å². The number of benzene rings is 1. The Morgan fingerprint density at radius 1 is 1.03 bits per heavy atom. The largest absolute Gasteiger partial charge is 0.367 e. The van der Waals surface area contributed by atoms with Gasteiger partial charge in [-0.15, -0.1) is 24.0 Å². The predicted molar refractivity (Wildman–Crippen MR) is 148 cm³/mol. The number of hydrogen-bond donors (Lipinski definition) is 2. The average Bonchev–Trinajstić information content (AvgIpc) is 2.82. The van der Waals surface area contributed by atoms with Crippen LogP contribution in [0.3, 0.4) is 0 Å². The molecule has 0 bridgehead atoms. The topological polar surface area (TPSA) is 46.1 Å². The van der Waals surface area contributed by atoms with Gasteiger partial charge in [-0.3, -0.25) is 0 Å². The fourth-order valence-electron chi connectivity index (χ4n) is 4.58. The zero-order chi connectivity index (χ0) is 22.8. The van der Waals surface area contributed by atoms with Gasteiger partial charge in [-0.2, -0.15) is 0 Å². The number of aliphatic imine (C=N–C) groups is 1. The Morgan fingerprint density at radius 3 is 2.36 bits per heavy atom. The Kier molecular flexibility index (Phi) is 12.8. The molecule has 0 aromatic heterocycles. The molecule has 0 amide bonds. The Morgan fingerprint density at radius 2 is 1.76 bits per heavy atom. The van der Waals surface area contributed by atoms with Gasteiger partial charge in [0.25, 0.3) is 0 Å². The molecule has 0 unspecified atom stereocenters. The van der Waals surface area contributed by atoms with Crippen molar-refractivity contribution >= 4 is 35.6 Å². The van der Waals surface area contributed by atoms with Crippen LogP contribution in [0.4, 0.5) is 10.1 Å². The van der Waals surface area contributed by atoms with E-state index in [0.717, 1.165) is 76.7 Å². The smallest absolute Gasteiger partial charge is 0.191 e. The number of unbranched alkanes of at least 4 members (excludes halogenated alkanes) is 1. The summed E-state index contributed by atoms with van der Waals surface area (Å²) >= 11 is 0. The van der Waals surface area contributed by atoms with E-state index in [1.807, 2.05) is 12.1 Å². The molecule has 2 aliphatic rings. The number of nitrogens with one attached hydrogen (secondary N) is 2. The first kappa shape index (κ1) is 28.1. The summed E-state index contributed by atoms with van der Waals surface area (Å²) < 4.78 is 14.8. The Labute approximate surface area is 217 Å². The van der Waals surface area contributed by atoms with Crippen molar-refractivity contribution < 1.29 is 4.39 Å². The van der Waals surface area contributed by atoms with E-state index in [-0.39, 0.29) is 29.8 Å². The molecule has 33 heavy (non-hydrogen) atoms. The molecular weight excluding hydrogens is 530 g/mol. The van der Waals surface area contributed by atoms with Crippen LogP contribution in [-0.2, 0) is 6.54 Å². The summed E-state index contributed by atoms with van der Waals surface area (Å²) in [5, 5.41) is 6.95. The lowest BCUT2D eigenvalue weighted by Gasteiger charge is -2.35. The molecule has 0 atom stereocenters. The Bertz CT molecular complexity index is 715. The van der Waals surface area contributed by atoms with Crippen LogP contribution in [0.15, 0.2) is 23.2 Å². The van der Waals surface area contributed by atoms with Crippen LogP contribution in [0.5, 0.6) is 0 Å². The molecule has 0 saturated carbocycles. The maximum absolute atomic E-state index is 14.8. The standard InChI is InChI=1S/C25H43FN6.HI/c1-4-7-12-31-13-10-22(11-14-31)29-25(27-5-2)28-20-21-8-9-24(23(26)19-21)32-17-15-30(6-3)16-18-32;/h8-9,19,22H,4-7,10-18,20H2,1-3H3,(H2,27,28,29);1H. The van der Waals surface area contributed by atoms with E-state index in [1.165, 1.54) is 19.4 Å². The van der Waals surface area contributed by atoms with E-state index < -0.39 is 0 Å². The number of piperidine rings is 1. The van der Waals surface area contributed by atoms with Crippen molar-refractivity contribution in [2.45, 2.75) is 59.0 Å². The minimum atomic E-state index is -0.139. The van der Waals surface area contributed by atoms with Gasteiger partial charge in [0.2, 0.25) is 0 Å². The summed E-state index contributed by atoms with van der Waals surface area (Å²) in [6.45, 7) is 16.1. The third-order valence-corrected chi connectivity index (χ3v) is 6.69. The summed E-state index contributed by atoms with van der Waals surface area (Å²) in [5.41, 5.74) is 1.62. The van der Waals surface area contributed by atoms with E-state index >= 15 is 0 Å². The molecule has 2 aliphatic heterocycles. The lowest BCUT2D eigenvalue weighted by molar-refractivity contribution is 0.203. The molecule has 0 spiro atoms. The molecule has 2 N–H and O–H groups in total. The molecule has 0 aliphatic carbocycles. The van der Waals surface area contributed by atoms with Crippen LogP contribution in [0.2, 0.25) is 0 Å². The van der Waals surface area contributed by atoms with E-state index in [9.17, 15) is 4.39 Å². The van der Waals surface area contributed by atoms with Gasteiger partial charge in [-0.1, -0.05) is 26.3 Å². The van der Waals surface area contributed by atoms with Gasteiger partial charge in [0.05, 0.1) is 12.2 Å². The van der Waals surface area contributed by atoms with Gasteiger partial charge in [0.1, 0.15) is 5.82 Å². The van der Waals surface area contributed by atoms with Crippen molar-refractivity contribution in [3.05, 3.63) is 29.6 Å². The zero-order valence-corrected chi connectivity index (χ0v) is 23.1. The quantitative estimate of drug-likeness (QED) is 0.266. The highest BCUT2D eigenvalue weighted by Gasteiger charge is 2.20. The van der Waals surface area contributed by atoms with Gasteiger partial charge >= 0.3 is 0 Å². The van der Waals surface area contributed by atoms with Gasteiger partial charge in [-0.05, 0) is 57.0 Å². The minimum Gasteiger partial charge on any atom is -0.367 e. The highest BCUT2D eigenvalue weighted by atomic mass is 127. The monoisotopic (exact) mass is 574 g/mol. The Balaban J connectivity index is 0.00000385. The van der Waals surface area contributed by atoms with Crippen LogP contribution in [-0.4, -0.2) is 80.7 Å². The van der Waals surface area contributed by atoms with Gasteiger partial charge in [-0.25, -0.2) is 9.38 Å². The fraction of sp³-hybridized carbons (Fsp3) is 0.720. The van der Waals surface area contributed by atoms with Gasteiger partial charge < -0.3 is 25.3 Å². The van der Waals surface area contributed by atoms with Crippen LogP contribution in [0.25, 0.3) is 0 Å². The summed E-state index contributed by atoms with van der Waals surface area (Å²) in [6, 6.07) is 6.05. The molecule has 2 saturated heterocycles. The fourth-order valence-corrected chi connectivity index (χ4v) is 4.58. The highest BCUT2D eigenvalue weighted by molar-refractivity contribution is 14.0. The molecule has 0 radical (unpaired) electrons. The summed E-state index contributed by atoms with van der Waals surface area (Å²) in [7, 11) is 0. The van der Waals surface area contributed by atoms with Gasteiger partial charge in [0, 0.05) is 51.9 Å². The number of anilines is 1. The zero-order valence-electron chi connectivity index (χ0n) is 20.8. The number of halogens is 2. The SMILES string of the molecule is CCCCN1CCC(NC(=NCc2ccc(N3CCN(CC)CC3)c(F)c2)NCC)CC1.I. The molecule has 2 heterocycles. The third-order valence-electron chi connectivity index (χ3n) is 6.69. The lowest BCUT2D eigenvalue weighted by Crippen LogP contribution is -2.48. The van der Waals surface area contributed by atoms with Crippen LogP contribution in [0.1, 0.15) is 52.0 Å². The number of guanidine groups is 1. The number of piperazine rings is 1. The summed E-state index contributed by atoms with van der Waals surface area (Å²) in [4.78, 5) is 11.9. The maximum atomic E-state index is 14.8. The van der Waals surface area contributed by atoms with Gasteiger partial charge in [0.15, 0.2) is 5.96 Å². The number of nitrogens with zero attached hydrogens (tertiary/aromatic N) is 4. The van der Waals surface area contributed by atoms with Crippen molar-refractivity contribution in [1.82, 2.24) is 20.4 Å². The number of hydrogen-bond acceptors (Lipinski definition) is 4. The molecule has 1 aromatic carbocycles. The molecule has 188 valence electrons.